The molecule has 0 saturated carbocycles. The molecule has 1 fully saturated rings. The van der Waals surface area contributed by atoms with Crippen LogP contribution in [0.25, 0.3) is 0 Å². The predicted octanol–water partition coefficient (Wildman–Crippen LogP) is 5.53. The lowest BCUT2D eigenvalue weighted by atomic mass is 10.1. The average molecular weight is 506 g/mol. The normalized spacial score (nSPS) is 20.7. The smallest absolute Gasteiger partial charge is 0.228 e. The molecule has 8 nitrogen and oxygen atoms in total. The molecule has 1 unspecified atom stereocenters. The van der Waals surface area contributed by atoms with Crippen LogP contribution in [0.5, 0.6) is 0 Å². The van der Waals surface area contributed by atoms with E-state index < -0.39 is 0 Å². The lowest BCUT2D eigenvalue weighted by molar-refractivity contribution is -0.263. The highest BCUT2D eigenvalue weighted by atomic mass is 32.2. The standard InChI is InChI=1S/C15H22O3.C11H21N5S/c1-4-14-16-10-15(3,11-17-14)18-9-13-8-6-5-7-12(13)2;1-6-12-9-14-10(13-8(4)7(2)3)16-11(15-9)17-5/h5-8,14H,4,9-11H2,1-3H3;7-8H,6H2,1-5H3,(H2,12,13,14,15,16). The quantitative estimate of drug-likeness (QED) is 0.404. The maximum absolute atomic E-state index is 5.98. The molecule has 0 radical (unpaired) electrons. The fourth-order valence-corrected chi connectivity index (χ4v) is 3.45. The summed E-state index contributed by atoms with van der Waals surface area (Å²) in [6, 6.07) is 8.61. The summed E-state index contributed by atoms with van der Waals surface area (Å²) in [5.74, 6) is 1.80. The number of aromatic nitrogens is 3. The van der Waals surface area contributed by atoms with E-state index in [0.717, 1.165) is 18.1 Å². The Morgan fingerprint density at radius 2 is 1.74 bits per heavy atom. The van der Waals surface area contributed by atoms with E-state index in [1.165, 1.54) is 22.9 Å². The van der Waals surface area contributed by atoms with Gasteiger partial charge in [0.05, 0.1) is 19.8 Å². The van der Waals surface area contributed by atoms with E-state index in [2.05, 4.69) is 72.3 Å². The molecule has 1 aliphatic heterocycles. The van der Waals surface area contributed by atoms with Gasteiger partial charge in [0.2, 0.25) is 11.9 Å². The monoisotopic (exact) mass is 505 g/mol. The highest BCUT2D eigenvalue weighted by Gasteiger charge is 2.33. The van der Waals surface area contributed by atoms with E-state index in [9.17, 15) is 0 Å². The van der Waals surface area contributed by atoms with Crippen molar-refractivity contribution in [2.24, 2.45) is 5.92 Å². The van der Waals surface area contributed by atoms with Crippen molar-refractivity contribution >= 4 is 23.7 Å². The largest absolute Gasteiger partial charge is 0.366 e. The molecule has 0 aliphatic carbocycles. The molecule has 2 heterocycles. The third-order valence-electron chi connectivity index (χ3n) is 5.81. The zero-order valence-corrected chi connectivity index (χ0v) is 23.4. The first kappa shape index (κ1) is 29.3. The molecular formula is C26H43N5O3S. The highest BCUT2D eigenvalue weighted by molar-refractivity contribution is 7.98. The number of nitrogens with zero attached hydrogens (tertiary/aromatic N) is 3. The Bertz CT molecular complexity index is 891. The average Bonchev–Trinajstić information content (AvgIpc) is 2.84. The fourth-order valence-electron chi connectivity index (χ4n) is 3.09. The Morgan fingerprint density at radius 1 is 1.09 bits per heavy atom. The van der Waals surface area contributed by atoms with Crippen molar-refractivity contribution < 1.29 is 14.2 Å². The van der Waals surface area contributed by atoms with Crippen LogP contribution >= 0.6 is 11.8 Å². The summed E-state index contributed by atoms with van der Waals surface area (Å²) >= 11 is 1.52. The maximum atomic E-state index is 5.98. The minimum Gasteiger partial charge on any atom is -0.366 e. The summed E-state index contributed by atoms with van der Waals surface area (Å²) in [5, 5.41) is 7.14. The SMILES string of the molecule is CCC1OCC(C)(OCc2ccccc2C)CO1.CCNc1nc(NC(C)C(C)C)nc(SC)n1. The van der Waals surface area contributed by atoms with Gasteiger partial charge in [-0.25, -0.2) is 0 Å². The number of ether oxygens (including phenoxy) is 3. The second-order valence-electron chi connectivity index (χ2n) is 9.30. The van der Waals surface area contributed by atoms with Crippen molar-refractivity contribution in [1.82, 2.24) is 15.0 Å². The Hall–Kier alpha value is -1.94. The summed E-state index contributed by atoms with van der Waals surface area (Å²) in [6.07, 6.45) is 2.77. The van der Waals surface area contributed by atoms with Crippen molar-refractivity contribution in [3.8, 4) is 0 Å². The molecule has 2 aromatic rings. The van der Waals surface area contributed by atoms with Crippen molar-refractivity contribution in [1.29, 1.82) is 0 Å². The first-order valence-corrected chi connectivity index (χ1v) is 13.6. The Labute approximate surface area is 215 Å². The van der Waals surface area contributed by atoms with Crippen molar-refractivity contribution in [2.75, 3.05) is 36.6 Å². The van der Waals surface area contributed by atoms with E-state index in [0.29, 0.717) is 43.7 Å². The Balaban J connectivity index is 0.000000247. The van der Waals surface area contributed by atoms with Crippen LogP contribution < -0.4 is 10.6 Å². The molecule has 1 aromatic heterocycles. The molecule has 35 heavy (non-hydrogen) atoms. The van der Waals surface area contributed by atoms with Crippen molar-refractivity contribution in [3.05, 3.63) is 35.4 Å². The number of aryl methyl sites for hydroxylation is 1. The number of benzene rings is 1. The maximum Gasteiger partial charge on any atom is 0.228 e. The minimum absolute atomic E-state index is 0.0693. The van der Waals surface area contributed by atoms with E-state index in [1.807, 2.05) is 32.2 Å². The van der Waals surface area contributed by atoms with Crippen molar-refractivity contribution in [2.45, 2.75) is 84.6 Å². The lowest BCUT2D eigenvalue weighted by Crippen LogP contribution is -2.46. The first-order valence-electron chi connectivity index (χ1n) is 12.4. The van der Waals surface area contributed by atoms with Crippen LogP contribution in [0.3, 0.4) is 0 Å². The zero-order valence-electron chi connectivity index (χ0n) is 22.6. The lowest BCUT2D eigenvalue weighted by Gasteiger charge is -2.37. The fraction of sp³-hybridized carbons (Fsp3) is 0.654. The third kappa shape index (κ3) is 9.91. The summed E-state index contributed by atoms with van der Waals surface area (Å²) in [4.78, 5) is 13.0. The van der Waals surface area contributed by atoms with Gasteiger partial charge in [0.15, 0.2) is 11.4 Å². The van der Waals surface area contributed by atoms with Gasteiger partial charge in [-0.2, -0.15) is 15.0 Å². The molecule has 1 saturated heterocycles. The third-order valence-corrected chi connectivity index (χ3v) is 6.36. The Morgan fingerprint density at radius 3 is 2.31 bits per heavy atom. The van der Waals surface area contributed by atoms with Crippen LogP contribution in [0.2, 0.25) is 0 Å². The van der Waals surface area contributed by atoms with Gasteiger partial charge in [-0.3, -0.25) is 0 Å². The summed E-state index contributed by atoms with van der Waals surface area (Å²) in [7, 11) is 0. The number of thioether (sulfide) groups is 1. The van der Waals surface area contributed by atoms with Gasteiger partial charge < -0.3 is 24.8 Å². The van der Waals surface area contributed by atoms with Gasteiger partial charge in [0.25, 0.3) is 0 Å². The van der Waals surface area contributed by atoms with Crippen LogP contribution in [-0.4, -0.2) is 58.9 Å². The van der Waals surface area contributed by atoms with Crippen LogP contribution in [0.1, 0.15) is 59.1 Å². The number of hydrogen-bond donors (Lipinski definition) is 2. The molecule has 2 N–H and O–H groups in total. The highest BCUT2D eigenvalue weighted by Crippen LogP contribution is 2.23. The number of hydrogen-bond acceptors (Lipinski definition) is 9. The summed E-state index contributed by atoms with van der Waals surface area (Å²) in [6.45, 7) is 17.3. The van der Waals surface area contributed by atoms with Crippen LogP contribution in [0, 0.1) is 12.8 Å². The van der Waals surface area contributed by atoms with Crippen LogP contribution in [-0.2, 0) is 20.8 Å². The summed E-state index contributed by atoms with van der Waals surface area (Å²) < 4.78 is 17.2. The topological polar surface area (TPSA) is 90.4 Å². The van der Waals surface area contributed by atoms with E-state index in [-0.39, 0.29) is 11.9 Å². The summed E-state index contributed by atoms with van der Waals surface area (Å²) in [5.41, 5.74) is 2.13. The van der Waals surface area contributed by atoms with Gasteiger partial charge in [0.1, 0.15) is 5.60 Å². The number of nitrogens with one attached hydrogen (secondary N) is 2. The van der Waals surface area contributed by atoms with Gasteiger partial charge in [0, 0.05) is 12.6 Å². The van der Waals surface area contributed by atoms with Crippen LogP contribution in [0.4, 0.5) is 11.9 Å². The Kier molecular flexibility index (Phi) is 12.2. The second kappa shape index (κ2) is 14.6. The molecule has 1 atom stereocenters. The van der Waals surface area contributed by atoms with Gasteiger partial charge in [-0.15, -0.1) is 0 Å². The molecular weight excluding hydrogens is 462 g/mol. The molecule has 1 aliphatic rings. The first-order chi connectivity index (χ1) is 16.7. The molecule has 0 amide bonds. The predicted molar refractivity (Wildman–Crippen MR) is 144 cm³/mol. The van der Waals surface area contributed by atoms with Gasteiger partial charge in [-0.1, -0.05) is 56.8 Å². The molecule has 1 aromatic carbocycles. The van der Waals surface area contributed by atoms with E-state index >= 15 is 0 Å². The molecule has 0 bridgehead atoms. The van der Waals surface area contributed by atoms with E-state index in [4.69, 9.17) is 14.2 Å². The molecule has 196 valence electrons. The van der Waals surface area contributed by atoms with E-state index in [1.54, 1.807) is 0 Å². The van der Waals surface area contributed by atoms with Crippen LogP contribution in [0.15, 0.2) is 29.4 Å². The second-order valence-corrected chi connectivity index (χ2v) is 10.1. The number of anilines is 2. The van der Waals surface area contributed by atoms with Gasteiger partial charge >= 0.3 is 0 Å². The molecule has 0 spiro atoms. The molecule has 3 rings (SSSR count). The zero-order chi connectivity index (χ0) is 25.8. The van der Waals surface area contributed by atoms with Crippen molar-refractivity contribution in [3.63, 3.8) is 0 Å². The minimum atomic E-state index is -0.339. The number of rotatable bonds is 10. The molecule has 9 heteroatoms. The van der Waals surface area contributed by atoms with Gasteiger partial charge in [-0.05, 0) is 57.4 Å².